The maximum Gasteiger partial charge on any atom is 0.0992 e. The minimum absolute atomic E-state index is 0.691. The number of rotatable bonds is 3. The minimum Gasteiger partial charge on any atom is -0.369 e. The van der Waals surface area contributed by atoms with E-state index in [-0.39, 0.29) is 0 Å². The lowest BCUT2D eigenvalue weighted by atomic mass is 10.2. The van der Waals surface area contributed by atoms with E-state index in [1.54, 1.807) is 0 Å². The summed E-state index contributed by atoms with van der Waals surface area (Å²) in [5, 5.41) is 8.91. The van der Waals surface area contributed by atoms with E-state index >= 15 is 0 Å². The number of hydrogen-bond donors (Lipinski definition) is 0. The van der Waals surface area contributed by atoms with E-state index in [0.717, 1.165) is 22.3 Å². The highest BCUT2D eigenvalue weighted by Gasteiger charge is 2.28. The van der Waals surface area contributed by atoms with Crippen LogP contribution in [0.2, 0.25) is 0 Å². The molecule has 0 spiro atoms. The highest BCUT2D eigenvalue weighted by molar-refractivity contribution is 9.10. The van der Waals surface area contributed by atoms with Crippen LogP contribution in [-0.2, 0) is 0 Å². The van der Waals surface area contributed by atoms with E-state index in [0.29, 0.717) is 6.04 Å². The summed E-state index contributed by atoms with van der Waals surface area (Å²) in [6, 6.07) is 8.78. The van der Waals surface area contributed by atoms with Gasteiger partial charge in [0.1, 0.15) is 0 Å². The van der Waals surface area contributed by atoms with E-state index in [4.69, 9.17) is 5.26 Å². The second-order valence-corrected chi connectivity index (χ2v) is 4.74. The molecule has 1 aromatic carbocycles. The van der Waals surface area contributed by atoms with Gasteiger partial charge in [0.15, 0.2) is 0 Å². The summed E-state index contributed by atoms with van der Waals surface area (Å²) in [6.45, 7) is 3.16. The standard InChI is InChI=1S/C12H13BrN2/c1-2-15(11-3-4-11)12-6-9(8-14)5-10(13)7-12/h5-7,11H,2-4H2,1H3. The number of benzene rings is 1. The maximum absolute atomic E-state index is 8.91. The van der Waals surface area contributed by atoms with Crippen LogP contribution in [0.3, 0.4) is 0 Å². The fraction of sp³-hybridized carbons (Fsp3) is 0.417. The molecule has 3 heteroatoms. The Kier molecular flexibility index (Phi) is 2.97. The van der Waals surface area contributed by atoms with Crippen molar-refractivity contribution in [3.8, 4) is 6.07 Å². The third-order valence-electron chi connectivity index (χ3n) is 2.67. The van der Waals surface area contributed by atoms with Crippen LogP contribution in [0.5, 0.6) is 0 Å². The highest BCUT2D eigenvalue weighted by atomic mass is 79.9. The summed E-state index contributed by atoms with van der Waals surface area (Å²) in [6.07, 6.45) is 2.56. The van der Waals surface area contributed by atoms with Gasteiger partial charge < -0.3 is 4.90 Å². The third-order valence-corrected chi connectivity index (χ3v) is 3.13. The zero-order valence-corrected chi connectivity index (χ0v) is 10.3. The lowest BCUT2D eigenvalue weighted by Crippen LogP contribution is -2.24. The molecule has 0 bridgehead atoms. The summed E-state index contributed by atoms with van der Waals surface area (Å²) in [5.41, 5.74) is 1.88. The van der Waals surface area contributed by atoms with Crippen LogP contribution in [-0.4, -0.2) is 12.6 Å². The van der Waals surface area contributed by atoms with E-state index in [9.17, 15) is 0 Å². The number of halogens is 1. The van der Waals surface area contributed by atoms with Crippen molar-refractivity contribution < 1.29 is 0 Å². The Morgan fingerprint density at radius 2 is 2.20 bits per heavy atom. The van der Waals surface area contributed by atoms with Crippen molar-refractivity contribution in [2.45, 2.75) is 25.8 Å². The van der Waals surface area contributed by atoms with Crippen LogP contribution in [0.4, 0.5) is 5.69 Å². The summed E-state index contributed by atoms with van der Waals surface area (Å²) >= 11 is 3.44. The molecule has 0 heterocycles. The Morgan fingerprint density at radius 1 is 1.47 bits per heavy atom. The minimum atomic E-state index is 0.691. The zero-order chi connectivity index (χ0) is 10.8. The topological polar surface area (TPSA) is 27.0 Å². The van der Waals surface area contributed by atoms with Crippen LogP contribution in [0.25, 0.3) is 0 Å². The molecular formula is C12H13BrN2. The molecule has 78 valence electrons. The third kappa shape index (κ3) is 2.32. The average Bonchev–Trinajstić information content (AvgIpc) is 3.02. The summed E-state index contributed by atoms with van der Waals surface area (Å²) in [7, 11) is 0. The molecule has 0 atom stereocenters. The first-order valence-corrected chi connectivity index (χ1v) is 6.01. The Balaban J connectivity index is 2.33. The van der Waals surface area contributed by atoms with Crippen molar-refractivity contribution in [3.05, 3.63) is 28.2 Å². The van der Waals surface area contributed by atoms with E-state index in [1.165, 1.54) is 12.8 Å². The molecule has 15 heavy (non-hydrogen) atoms. The summed E-state index contributed by atoms with van der Waals surface area (Å²) < 4.78 is 0.982. The van der Waals surface area contributed by atoms with Gasteiger partial charge in [-0.15, -0.1) is 0 Å². The van der Waals surface area contributed by atoms with Gasteiger partial charge in [-0.1, -0.05) is 15.9 Å². The quantitative estimate of drug-likeness (QED) is 0.838. The molecule has 1 saturated carbocycles. The van der Waals surface area contributed by atoms with Crippen LogP contribution >= 0.6 is 15.9 Å². The molecular weight excluding hydrogens is 252 g/mol. The largest absolute Gasteiger partial charge is 0.369 e. The van der Waals surface area contributed by atoms with Crippen LogP contribution in [0.1, 0.15) is 25.3 Å². The van der Waals surface area contributed by atoms with E-state index in [2.05, 4.69) is 39.9 Å². The lowest BCUT2D eigenvalue weighted by molar-refractivity contribution is 0.826. The number of nitrogens with zero attached hydrogens (tertiary/aromatic N) is 2. The van der Waals surface area contributed by atoms with Gasteiger partial charge in [-0.25, -0.2) is 0 Å². The molecule has 0 N–H and O–H groups in total. The Labute approximate surface area is 98.6 Å². The Hall–Kier alpha value is -1.01. The van der Waals surface area contributed by atoms with Crippen molar-refractivity contribution in [1.29, 1.82) is 5.26 Å². The molecule has 1 aromatic rings. The highest BCUT2D eigenvalue weighted by Crippen LogP contribution is 2.33. The van der Waals surface area contributed by atoms with Gasteiger partial charge in [-0.2, -0.15) is 5.26 Å². The average molecular weight is 265 g/mol. The predicted octanol–water partition coefficient (Wildman–Crippen LogP) is 3.31. The Morgan fingerprint density at radius 3 is 2.73 bits per heavy atom. The predicted molar refractivity (Wildman–Crippen MR) is 64.9 cm³/mol. The molecule has 0 aliphatic heterocycles. The first-order valence-electron chi connectivity index (χ1n) is 5.22. The second-order valence-electron chi connectivity index (χ2n) is 3.83. The molecule has 0 aromatic heterocycles. The second kappa shape index (κ2) is 4.24. The zero-order valence-electron chi connectivity index (χ0n) is 8.70. The number of nitriles is 1. The summed E-state index contributed by atoms with van der Waals surface area (Å²) in [4.78, 5) is 2.37. The van der Waals surface area contributed by atoms with Gasteiger partial charge in [0.05, 0.1) is 11.6 Å². The monoisotopic (exact) mass is 264 g/mol. The van der Waals surface area contributed by atoms with E-state index in [1.807, 2.05) is 12.1 Å². The molecule has 2 nitrogen and oxygen atoms in total. The first kappa shape index (κ1) is 10.5. The van der Waals surface area contributed by atoms with E-state index < -0.39 is 0 Å². The van der Waals surface area contributed by atoms with Crippen LogP contribution < -0.4 is 4.90 Å². The normalized spacial score (nSPS) is 14.7. The van der Waals surface area contributed by atoms with Crippen molar-refractivity contribution >= 4 is 21.6 Å². The van der Waals surface area contributed by atoms with Gasteiger partial charge in [-0.3, -0.25) is 0 Å². The van der Waals surface area contributed by atoms with Gasteiger partial charge >= 0.3 is 0 Å². The molecule has 1 aliphatic rings. The fourth-order valence-corrected chi connectivity index (χ4v) is 2.32. The Bertz CT molecular complexity index is 405. The van der Waals surface area contributed by atoms with Gasteiger partial charge in [-0.05, 0) is 38.0 Å². The van der Waals surface area contributed by atoms with Gasteiger partial charge in [0.25, 0.3) is 0 Å². The lowest BCUT2D eigenvalue weighted by Gasteiger charge is -2.23. The number of hydrogen-bond acceptors (Lipinski definition) is 2. The smallest absolute Gasteiger partial charge is 0.0992 e. The maximum atomic E-state index is 8.91. The molecule has 0 saturated heterocycles. The van der Waals surface area contributed by atoms with Crippen LogP contribution in [0.15, 0.2) is 22.7 Å². The SMILES string of the molecule is CCN(c1cc(Br)cc(C#N)c1)C1CC1. The van der Waals surface area contributed by atoms with Crippen molar-refractivity contribution in [1.82, 2.24) is 0 Å². The summed E-state index contributed by atoms with van der Waals surface area (Å²) in [5.74, 6) is 0. The van der Waals surface area contributed by atoms with Crippen molar-refractivity contribution in [2.75, 3.05) is 11.4 Å². The van der Waals surface area contributed by atoms with Crippen molar-refractivity contribution in [3.63, 3.8) is 0 Å². The molecule has 1 aliphatic carbocycles. The van der Waals surface area contributed by atoms with Crippen molar-refractivity contribution in [2.24, 2.45) is 0 Å². The van der Waals surface area contributed by atoms with Gasteiger partial charge in [0.2, 0.25) is 0 Å². The van der Waals surface area contributed by atoms with Gasteiger partial charge in [0, 0.05) is 22.7 Å². The molecule has 1 fully saturated rings. The van der Waals surface area contributed by atoms with Crippen LogP contribution in [0, 0.1) is 11.3 Å². The number of anilines is 1. The molecule has 2 rings (SSSR count). The molecule has 0 radical (unpaired) electrons. The first-order chi connectivity index (χ1) is 7.24. The fourth-order valence-electron chi connectivity index (χ4n) is 1.84. The molecule has 0 unspecified atom stereocenters. The molecule has 0 amide bonds.